The Balaban J connectivity index is 1.33. The standard InChI is InChI=1S/C24H29N3O/c1-24(2)15-25(3)16-26(24)13-17-4-6-18(7-5-17)19-8-11-22-20(12-19)14-27(23(22)28)21-9-10-21/h4-8,11-12,21H,9-10,13-16H2,1-3H3. The number of rotatable bonds is 4. The summed E-state index contributed by atoms with van der Waals surface area (Å²) < 4.78 is 0. The Morgan fingerprint density at radius 1 is 1.04 bits per heavy atom. The van der Waals surface area contributed by atoms with Gasteiger partial charge in [0.1, 0.15) is 0 Å². The monoisotopic (exact) mass is 375 g/mol. The van der Waals surface area contributed by atoms with Crippen molar-refractivity contribution in [1.29, 1.82) is 0 Å². The summed E-state index contributed by atoms with van der Waals surface area (Å²) in [6, 6.07) is 15.8. The van der Waals surface area contributed by atoms with Crippen molar-refractivity contribution in [3.8, 4) is 11.1 Å². The molecule has 1 saturated carbocycles. The molecule has 28 heavy (non-hydrogen) atoms. The molecule has 2 fully saturated rings. The van der Waals surface area contributed by atoms with Crippen LogP contribution in [0.4, 0.5) is 0 Å². The van der Waals surface area contributed by atoms with Crippen molar-refractivity contribution in [2.24, 2.45) is 0 Å². The topological polar surface area (TPSA) is 26.8 Å². The molecular formula is C24H29N3O. The molecule has 5 rings (SSSR count). The van der Waals surface area contributed by atoms with E-state index in [-0.39, 0.29) is 11.4 Å². The fraction of sp³-hybridized carbons (Fsp3) is 0.458. The molecule has 4 heteroatoms. The Morgan fingerprint density at radius 3 is 2.39 bits per heavy atom. The molecule has 3 aliphatic rings. The molecule has 0 N–H and O–H groups in total. The molecule has 1 aliphatic carbocycles. The maximum atomic E-state index is 12.5. The van der Waals surface area contributed by atoms with Crippen molar-refractivity contribution in [2.45, 2.75) is 51.4 Å². The third kappa shape index (κ3) is 3.15. The number of benzene rings is 2. The lowest BCUT2D eigenvalue weighted by atomic mass is 9.99. The average molecular weight is 376 g/mol. The van der Waals surface area contributed by atoms with Crippen LogP contribution in [-0.2, 0) is 13.1 Å². The summed E-state index contributed by atoms with van der Waals surface area (Å²) in [7, 11) is 2.19. The van der Waals surface area contributed by atoms with E-state index >= 15 is 0 Å². The Labute approximate surface area is 167 Å². The van der Waals surface area contributed by atoms with Gasteiger partial charge in [-0.25, -0.2) is 0 Å². The van der Waals surface area contributed by atoms with E-state index in [1.165, 1.54) is 22.3 Å². The summed E-state index contributed by atoms with van der Waals surface area (Å²) in [6.07, 6.45) is 2.33. The Morgan fingerprint density at radius 2 is 1.75 bits per heavy atom. The molecule has 2 heterocycles. The van der Waals surface area contributed by atoms with Crippen molar-refractivity contribution in [3.05, 3.63) is 59.2 Å². The zero-order valence-electron chi connectivity index (χ0n) is 17.1. The molecule has 1 saturated heterocycles. The molecule has 0 spiro atoms. The van der Waals surface area contributed by atoms with Gasteiger partial charge in [-0.2, -0.15) is 0 Å². The van der Waals surface area contributed by atoms with Gasteiger partial charge < -0.3 is 4.90 Å². The lowest BCUT2D eigenvalue weighted by molar-refractivity contribution is 0.0766. The SMILES string of the molecule is CN1CN(Cc2ccc(-c3ccc4c(c3)CN(C3CC3)C4=O)cc2)C(C)(C)C1. The first-order valence-corrected chi connectivity index (χ1v) is 10.4. The third-order valence-corrected chi connectivity index (χ3v) is 6.51. The van der Waals surface area contributed by atoms with E-state index in [1.54, 1.807) is 0 Å². The predicted octanol–water partition coefficient (Wildman–Crippen LogP) is 3.96. The minimum Gasteiger partial charge on any atom is -0.331 e. The van der Waals surface area contributed by atoms with Gasteiger partial charge in [-0.3, -0.25) is 14.6 Å². The number of carbonyl (C=O) groups excluding carboxylic acids is 1. The minimum absolute atomic E-state index is 0.216. The highest BCUT2D eigenvalue weighted by atomic mass is 16.2. The normalized spacial score (nSPS) is 22.1. The first-order chi connectivity index (χ1) is 13.4. The molecule has 0 bridgehead atoms. The zero-order valence-corrected chi connectivity index (χ0v) is 17.1. The fourth-order valence-electron chi connectivity index (χ4n) is 4.78. The largest absolute Gasteiger partial charge is 0.331 e. The fourth-order valence-corrected chi connectivity index (χ4v) is 4.78. The van der Waals surface area contributed by atoms with Crippen LogP contribution in [0.5, 0.6) is 0 Å². The number of likely N-dealkylation sites (N-methyl/N-ethyl adjacent to an activating group) is 1. The summed E-state index contributed by atoms with van der Waals surface area (Å²) in [5.41, 5.74) is 6.07. The van der Waals surface area contributed by atoms with Crippen molar-refractivity contribution in [3.63, 3.8) is 0 Å². The van der Waals surface area contributed by atoms with Crippen LogP contribution < -0.4 is 0 Å². The third-order valence-electron chi connectivity index (χ3n) is 6.51. The number of amides is 1. The van der Waals surface area contributed by atoms with Crippen LogP contribution in [0.2, 0.25) is 0 Å². The second-order valence-corrected chi connectivity index (χ2v) is 9.40. The van der Waals surface area contributed by atoms with E-state index in [0.717, 1.165) is 44.7 Å². The highest BCUT2D eigenvalue weighted by Gasteiger charge is 2.38. The molecule has 0 radical (unpaired) electrons. The Hall–Kier alpha value is -2.17. The summed E-state index contributed by atoms with van der Waals surface area (Å²) >= 11 is 0. The van der Waals surface area contributed by atoms with Gasteiger partial charge in [-0.1, -0.05) is 30.3 Å². The Kier molecular flexibility index (Phi) is 4.11. The molecular weight excluding hydrogens is 346 g/mol. The number of hydrogen-bond acceptors (Lipinski definition) is 3. The van der Waals surface area contributed by atoms with Gasteiger partial charge in [0.05, 0.1) is 6.67 Å². The molecule has 0 aromatic heterocycles. The first-order valence-electron chi connectivity index (χ1n) is 10.4. The van der Waals surface area contributed by atoms with Crippen LogP contribution in [0.1, 0.15) is 48.2 Å². The Bertz CT molecular complexity index is 914. The molecule has 2 aromatic rings. The van der Waals surface area contributed by atoms with Gasteiger partial charge in [0.25, 0.3) is 5.91 Å². The second-order valence-electron chi connectivity index (χ2n) is 9.40. The number of nitrogens with zero attached hydrogens (tertiary/aromatic N) is 3. The van der Waals surface area contributed by atoms with Gasteiger partial charge in [0.2, 0.25) is 0 Å². The molecule has 1 amide bonds. The van der Waals surface area contributed by atoms with Crippen LogP contribution in [0.15, 0.2) is 42.5 Å². The second kappa shape index (κ2) is 6.43. The lowest BCUT2D eigenvalue weighted by Crippen LogP contribution is -2.39. The van der Waals surface area contributed by atoms with Gasteiger partial charge in [-0.05, 0) is 68.1 Å². The lowest BCUT2D eigenvalue weighted by Gasteiger charge is -2.30. The van der Waals surface area contributed by atoms with E-state index in [0.29, 0.717) is 6.04 Å². The van der Waals surface area contributed by atoms with Crippen LogP contribution in [0, 0.1) is 0 Å². The average Bonchev–Trinajstić information content (AvgIpc) is 3.40. The summed E-state index contributed by atoms with van der Waals surface area (Å²) in [6.45, 7) is 8.53. The van der Waals surface area contributed by atoms with E-state index in [1.807, 2.05) is 11.0 Å². The van der Waals surface area contributed by atoms with Crippen LogP contribution in [0.3, 0.4) is 0 Å². The molecule has 2 aliphatic heterocycles. The van der Waals surface area contributed by atoms with Crippen molar-refractivity contribution in [2.75, 3.05) is 20.3 Å². The maximum absolute atomic E-state index is 12.5. The van der Waals surface area contributed by atoms with Crippen LogP contribution in [0.25, 0.3) is 11.1 Å². The molecule has 146 valence electrons. The first kappa shape index (κ1) is 17.9. The number of carbonyl (C=O) groups is 1. The summed E-state index contributed by atoms with van der Waals surface area (Å²) in [5, 5.41) is 0. The van der Waals surface area contributed by atoms with E-state index in [4.69, 9.17) is 0 Å². The predicted molar refractivity (Wildman–Crippen MR) is 112 cm³/mol. The minimum atomic E-state index is 0.216. The number of hydrogen-bond donors (Lipinski definition) is 0. The van der Waals surface area contributed by atoms with Crippen LogP contribution >= 0.6 is 0 Å². The van der Waals surface area contributed by atoms with Crippen molar-refractivity contribution in [1.82, 2.24) is 14.7 Å². The molecule has 0 atom stereocenters. The van der Waals surface area contributed by atoms with Gasteiger partial charge in [0, 0.05) is 36.8 Å². The quantitative estimate of drug-likeness (QED) is 0.809. The number of fused-ring (bicyclic) bond motifs is 1. The van der Waals surface area contributed by atoms with E-state index < -0.39 is 0 Å². The molecule has 0 unspecified atom stereocenters. The summed E-state index contributed by atoms with van der Waals surface area (Å²) in [4.78, 5) is 19.5. The van der Waals surface area contributed by atoms with Gasteiger partial charge >= 0.3 is 0 Å². The highest BCUT2D eigenvalue weighted by Crippen LogP contribution is 2.36. The van der Waals surface area contributed by atoms with Crippen LogP contribution in [-0.4, -0.2) is 52.4 Å². The van der Waals surface area contributed by atoms with Gasteiger partial charge in [-0.15, -0.1) is 0 Å². The van der Waals surface area contributed by atoms with Crippen molar-refractivity contribution >= 4 is 5.91 Å². The van der Waals surface area contributed by atoms with Gasteiger partial charge in [0.15, 0.2) is 0 Å². The zero-order chi connectivity index (χ0) is 19.5. The van der Waals surface area contributed by atoms with Crippen molar-refractivity contribution < 1.29 is 4.79 Å². The summed E-state index contributed by atoms with van der Waals surface area (Å²) in [5.74, 6) is 0.220. The smallest absolute Gasteiger partial charge is 0.254 e. The van der Waals surface area contributed by atoms with E-state index in [2.05, 4.69) is 67.1 Å². The highest BCUT2D eigenvalue weighted by molar-refractivity contribution is 5.99. The molecule has 4 nitrogen and oxygen atoms in total. The maximum Gasteiger partial charge on any atom is 0.254 e. The molecule has 2 aromatic carbocycles. The van der Waals surface area contributed by atoms with E-state index in [9.17, 15) is 4.79 Å².